The van der Waals surface area contributed by atoms with E-state index in [1.807, 2.05) is 19.1 Å². The highest BCUT2D eigenvalue weighted by Crippen LogP contribution is 2.26. The third-order valence-corrected chi connectivity index (χ3v) is 6.58. The molecule has 0 bridgehead atoms. The van der Waals surface area contributed by atoms with Gasteiger partial charge in [0.05, 0.1) is 22.8 Å². The smallest absolute Gasteiger partial charge is 0.261 e. The van der Waals surface area contributed by atoms with E-state index in [0.717, 1.165) is 41.0 Å². The van der Waals surface area contributed by atoms with Crippen LogP contribution in [0.2, 0.25) is 0 Å². The first kappa shape index (κ1) is 17.7. The van der Waals surface area contributed by atoms with E-state index in [2.05, 4.69) is 21.0 Å². The zero-order valence-corrected chi connectivity index (χ0v) is 16.4. The van der Waals surface area contributed by atoms with Gasteiger partial charge in [0.15, 0.2) is 0 Å². The number of carbonyl (C=O) groups excluding carboxylic acids is 1. The molecule has 1 amide bonds. The van der Waals surface area contributed by atoms with Crippen LogP contribution in [-0.4, -0.2) is 33.2 Å². The van der Waals surface area contributed by atoms with E-state index >= 15 is 0 Å². The first-order chi connectivity index (χ1) is 12.7. The lowest BCUT2D eigenvalue weighted by molar-refractivity contribution is 0.0954. The van der Waals surface area contributed by atoms with Crippen LogP contribution < -0.4 is 5.32 Å². The molecule has 2 aromatic rings. The maximum absolute atomic E-state index is 12.2. The van der Waals surface area contributed by atoms with E-state index < -0.39 is 0 Å². The van der Waals surface area contributed by atoms with Gasteiger partial charge in [0.2, 0.25) is 0 Å². The Morgan fingerprint density at radius 1 is 1.23 bits per heavy atom. The summed E-state index contributed by atoms with van der Waals surface area (Å²) in [6, 6.07) is 6.80. The van der Waals surface area contributed by atoms with Crippen molar-refractivity contribution in [3.63, 3.8) is 0 Å². The van der Waals surface area contributed by atoms with Crippen LogP contribution in [0.4, 0.5) is 0 Å². The highest BCUT2D eigenvalue weighted by atomic mass is 32.1. The van der Waals surface area contributed by atoms with Gasteiger partial charge < -0.3 is 5.32 Å². The van der Waals surface area contributed by atoms with Gasteiger partial charge in [-0.1, -0.05) is 19.3 Å². The quantitative estimate of drug-likeness (QED) is 0.890. The molecule has 0 spiro atoms. The number of nitrogens with zero attached hydrogens (tertiary/aromatic N) is 3. The molecule has 0 atom stereocenters. The fraction of sp³-hybridized carbons (Fsp3) is 0.600. The number of fused-ring (bicyclic) bond motifs is 1. The summed E-state index contributed by atoms with van der Waals surface area (Å²) in [6.07, 6.45) is 8.00. The van der Waals surface area contributed by atoms with Crippen molar-refractivity contribution in [3.8, 4) is 0 Å². The number of aryl methyl sites for hydroxylation is 2. The van der Waals surface area contributed by atoms with Crippen molar-refractivity contribution >= 4 is 17.2 Å². The molecule has 26 heavy (non-hydrogen) atoms. The van der Waals surface area contributed by atoms with E-state index in [1.54, 1.807) is 0 Å². The molecule has 140 valence electrons. The molecule has 0 radical (unpaired) electrons. The number of rotatable bonds is 4. The Balaban J connectivity index is 1.39. The van der Waals surface area contributed by atoms with E-state index in [1.165, 1.54) is 55.7 Å². The van der Waals surface area contributed by atoms with Gasteiger partial charge in [0, 0.05) is 30.6 Å². The molecule has 1 saturated carbocycles. The second-order valence-electron chi connectivity index (χ2n) is 7.56. The van der Waals surface area contributed by atoms with Gasteiger partial charge in [-0.25, -0.2) is 0 Å². The topological polar surface area (TPSA) is 50.2 Å². The van der Waals surface area contributed by atoms with Crippen molar-refractivity contribution in [1.82, 2.24) is 20.0 Å². The van der Waals surface area contributed by atoms with Crippen molar-refractivity contribution in [2.45, 2.75) is 71.1 Å². The predicted octanol–water partition coefficient (Wildman–Crippen LogP) is 3.72. The van der Waals surface area contributed by atoms with Crippen LogP contribution >= 0.6 is 11.3 Å². The Kier molecular flexibility index (Phi) is 5.41. The Bertz CT molecular complexity index is 760. The molecule has 2 aromatic heterocycles. The van der Waals surface area contributed by atoms with E-state index in [4.69, 9.17) is 5.10 Å². The minimum absolute atomic E-state index is 0.00451. The summed E-state index contributed by atoms with van der Waals surface area (Å²) in [5, 5.41) is 7.75. The van der Waals surface area contributed by atoms with Gasteiger partial charge in [0.25, 0.3) is 5.91 Å². The second-order valence-corrected chi connectivity index (χ2v) is 8.85. The number of hydrogen-bond donors (Lipinski definition) is 1. The number of nitrogens with one attached hydrogen (secondary N) is 1. The Labute approximate surface area is 159 Å². The lowest BCUT2D eigenvalue weighted by atomic mass is 9.94. The van der Waals surface area contributed by atoms with Crippen molar-refractivity contribution < 1.29 is 4.79 Å². The largest absolute Gasteiger partial charge is 0.346 e. The molecular formula is C20H28N4OS. The average molecular weight is 373 g/mol. The van der Waals surface area contributed by atoms with E-state index in [0.29, 0.717) is 6.54 Å². The molecule has 1 aliphatic heterocycles. The maximum atomic E-state index is 12.2. The van der Waals surface area contributed by atoms with Crippen LogP contribution in [0, 0.1) is 6.92 Å². The fourth-order valence-electron chi connectivity index (χ4n) is 4.21. The monoisotopic (exact) mass is 372 g/mol. The molecule has 3 heterocycles. The summed E-state index contributed by atoms with van der Waals surface area (Å²) in [7, 11) is 0. The molecule has 1 aliphatic carbocycles. The van der Waals surface area contributed by atoms with Crippen molar-refractivity contribution in [2.24, 2.45) is 0 Å². The predicted molar refractivity (Wildman–Crippen MR) is 104 cm³/mol. The van der Waals surface area contributed by atoms with E-state index in [9.17, 15) is 4.79 Å². The Morgan fingerprint density at radius 3 is 2.85 bits per heavy atom. The SMILES string of the molecule is Cc1ccc(C(=O)NCc2cc3n(n2)CCCN(C2CCCCC2)C3)s1. The van der Waals surface area contributed by atoms with Crippen molar-refractivity contribution in [3.05, 3.63) is 39.3 Å². The zero-order valence-electron chi connectivity index (χ0n) is 15.5. The molecule has 1 N–H and O–H groups in total. The average Bonchev–Trinajstić information content (AvgIpc) is 3.21. The van der Waals surface area contributed by atoms with Gasteiger partial charge in [-0.15, -0.1) is 11.3 Å². The highest BCUT2D eigenvalue weighted by molar-refractivity contribution is 7.13. The minimum atomic E-state index is -0.00451. The first-order valence-electron chi connectivity index (χ1n) is 9.83. The van der Waals surface area contributed by atoms with Gasteiger partial charge in [0.1, 0.15) is 0 Å². The summed E-state index contributed by atoms with van der Waals surface area (Å²) in [5.41, 5.74) is 2.26. The number of amides is 1. The van der Waals surface area contributed by atoms with Crippen LogP contribution in [-0.2, 0) is 19.6 Å². The van der Waals surface area contributed by atoms with E-state index in [-0.39, 0.29) is 5.91 Å². The number of aromatic nitrogens is 2. The van der Waals surface area contributed by atoms with Crippen molar-refractivity contribution in [1.29, 1.82) is 0 Å². The van der Waals surface area contributed by atoms with Gasteiger partial charge in [-0.05, 0) is 44.4 Å². The lowest BCUT2D eigenvalue weighted by Gasteiger charge is -2.33. The number of carbonyl (C=O) groups is 1. The molecular weight excluding hydrogens is 344 g/mol. The zero-order chi connectivity index (χ0) is 17.9. The summed E-state index contributed by atoms with van der Waals surface area (Å²) < 4.78 is 2.15. The Morgan fingerprint density at radius 2 is 2.08 bits per heavy atom. The summed E-state index contributed by atoms with van der Waals surface area (Å²) in [6.45, 7) is 5.68. The van der Waals surface area contributed by atoms with Crippen LogP contribution in [0.1, 0.15) is 64.5 Å². The van der Waals surface area contributed by atoms with Gasteiger partial charge in [-0.3, -0.25) is 14.4 Å². The molecule has 1 fully saturated rings. The third kappa shape index (κ3) is 4.01. The van der Waals surface area contributed by atoms with Crippen LogP contribution in [0.15, 0.2) is 18.2 Å². The molecule has 0 unspecified atom stereocenters. The normalized spacial score (nSPS) is 19.1. The second kappa shape index (κ2) is 7.92. The van der Waals surface area contributed by atoms with Crippen LogP contribution in [0.5, 0.6) is 0 Å². The highest BCUT2D eigenvalue weighted by Gasteiger charge is 2.24. The molecule has 2 aliphatic rings. The molecule has 4 rings (SSSR count). The van der Waals surface area contributed by atoms with Crippen LogP contribution in [0.25, 0.3) is 0 Å². The third-order valence-electron chi connectivity index (χ3n) is 5.58. The molecule has 0 saturated heterocycles. The van der Waals surface area contributed by atoms with Gasteiger partial charge >= 0.3 is 0 Å². The first-order valence-corrected chi connectivity index (χ1v) is 10.6. The van der Waals surface area contributed by atoms with Gasteiger partial charge in [-0.2, -0.15) is 5.10 Å². The standard InChI is InChI=1S/C20H28N4OS/c1-15-8-9-19(26-15)20(25)21-13-16-12-18-14-23(10-5-11-24(18)22-16)17-6-3-2-4-7-17/h8-9,12,17H,2-7,10-11,13-14H2,1H3,(H,21,25). The summed E-state index contributed by atoms with van der Waals surface area (Å²) in [4.78, 5) is 16.8. The minimum Gasteiger partial charge on any atom is -0.346 e. The molecule has 6 heteroatoms. The number of thiophene rings is 1. The molecule has 5 nitrogen and oxygen atoms in total. The summed E-state index contributed by atoms with van der Waals surface area (Å²) in [5.74, 6) is -0.00451. The summed E-state index contributed by atoms with van der Waals surface area (Å²) >= 11 is 1.53. The number of hydrogen-bond acceptors (Lipinski definition) is 4. The maximum Gasteiger partial charge on any atom is 0.261 e. The van der Waals surface area contributed by atoms with Crippen molar-refractivity contribution in [2.75, 3.05) is 6.54 Å². The van der Waals surface area contributed by atoms with Crippen LogP contribution in [0.3, 0.4) is 0 Å². The Hall–Kier alpha value is -1.66. The molecule has 0 aromatic carbocycles. The fourth-order valence-corrected chi connectivity index (χ4v) is 4.99. The lowest BCUT2D eigenvalue weighted by Crippen LogP contribution is -2.36.